The number of rotatable bonds is 4. The van der Waals surface area contributed by atoms with Crippen LogP contribution in [-0.4, -0.2) is 21.1 Å². The normalized spacial score (nSPS) is 12.7. The first-order valence-electron chi connectivity index (χ1n) is 8.76. The number of H-pyrrole nitrogens is 1. The Balaban J connectivity index is 2.15. The Morgan fingerprint density at radius 1 is 1.04 bits per heavy atom. The van der Waals surface area contributed by atoms with Gasteiger partial charge in [-0.3, -0.25) is 4.79 Å². The second-order valence-electron chi connectivity index (χ2n) is 7.39. The van der Waals surface area contributed by atoms with Crippen LogP contribution in [0.15, 0.2) is 64.2 Å². The third kappa shape index (κ3) is 4.16. The summed E-state index contributed by atoms with van der Waals surface area (Å²) in [5, 5.41) is 0.346. The topological polar surface area (TPSA) is 81.2 Å². The third-order valence-corrected chi connectivity index (χ3v) is 4.10. The summed E-state index contributed by atoms with van der Waals surface area (Å²) < 4.78 is 6.46. The second kappa shape index (κ2) is 7.23. The number of carbonyl (C=O) groups is 1. The maximum Gasteiger partial charge on any atom is 0.330 e. The number of aromatic nitrogens is 2. The fourth-order valence-electron chi connectivity index (χ4n) is 2.95. The monoisotopic (exact) mass is 366 g/mol. The van der Waals surface area contributed by atoms with Gasteiger partial charge in [-0.1, -0.05) is 42.5 Å². The van der Waals surface area contributed by atoms with Gasteiger partial charge in [0.05, 0.1) is 10.9 Å². The summed E-state index contributed by atoms with van der Waals surface area (Å²) in [5.41, 5.74) is -0.620. The van der Waals surface area contributed by atoms with E-state index in [1.807, 2.05) is 30.3 Å². The van der Waals surface area contributed by atoms with Gasteiger partial charge in [0.25, 0.3) is 5.56 Å². The molecule has 0 bridgehead atoms. The van der Waals surface area contributed by atoms with E-state index in [4.69, 9.17) is 4.74 Å². The molecule has 1 N–H and O–H groups in total. The highest BCUT2D eigenvalue weighted by Crippen LogP contribution is 2.18. The molecular weight excluding hydrogens is 344 g/mol. The molecule has 0 fully saturated rings. The first-order chi connectivity index (χ1) is 12.8. The molecule has 0 unspecified atom stereocenters. The van der Waals surface area contributed by atoms with Gasteiger partial charge in [0, 0.05) is 6.42 Å². The number of ether oxygens (including phenoxy) is 1. The minimum atomic E-state index is -1.06. The molecular formula is C21H22N2O4. The Bertz CT molecular complexity index is 1080. The maximum atomic E-state index is 13.0. The van der Waals surface area contributed by atoms with Crippen molar-refractivity contribution in [2.45, 2.75) is 38.8 Å². The molecule has 1 atom stereocenters. The summed E-state index contributed by atoms with van der Waals surface area (Å²) in [6, 6.07) is 14.9. The lowest BCUT2D eigenvalue weighted by molar-refractivity contribution is -0.159. The number of benzene rings is 2. The van der Waals surface area contributed by atoms with Gasteiger partial charge in [-0.15, -0.1) is 0 Å². The van der Waals surface area contributed by atoms with Crippen LogP contribution in [0.3, 0.4) is 0 Å². The molecule has 3 aromatic rings. The van der Waals surface area contributed by atoms with E-state index in [-0.39, 0.29) is 6.42 Å². The van der Waals surface area contributed by atoms with Gasteiger partial charge in [-0.25, -0.2) is 14.2 Å². The standard InChI is InChI=1S/C21H22N2O4/c1-21(2,3)27-19(25)17(13-14-9-5-4-6-10-14)23-18(24)15-11-7-8-12-16(15)22-20(23)26/h4-12,17H,13H2,1-3H3,(H,22,26)/t17-/m0/s1. The number of fused-ring (bicyclic) bond motifs is 1. The molecule has 2 aromatic carbocycles. The van der Waals surface area contributed by atoms with Gasteiger partial charge in [0.1, 0.15) is 11.6 Å². The van der Waals surface area contributed by atoms with E-state index in [2.05, 4.69) is 4.98 Å². The molecule has 0 aliphatic heterocycles. The minimum Gasteiger partial charge on any atom is -0.458 e. The van der Waals surface area contributed by atoms with Gasteiger partial charge in [0.2, 0.25) is 0 Å². The summed E-state index contributed by atoms with van der Waals surface area (Å²) >= 11 is 0. The molecule has 0 radical (unpaired) electrons. The minimum absolute atomic E-state index is 0.178. The highest BCUT2D eigenvalue weighted by Gasteiger charge is 2.29. The van der Waals surface area contributed by atoms with Gasteiger partial charge in [-0.2, -0.15) is 0 Å². The van der Waals surface area contributed by atoms with Crippen molar-refractivity contribution in [3.05, 3.63) is 81.0 Å². The Labute approximate surface area is 156 Å². The summed E-state index contributed by atoms with van der Waals surface area (Å²) in [6.07, 6.45) is 0.178. The Morgan fingerprint density at radius 3 is 2.33 bits per heavy atom. The van der Waals surface area contributed by atoms with Gasteiger partial charge in [0.15, 0.2) is 0 Å². The predicted molar refractivity (Wildman–Crippen MR) is 104 cm³/mol. The number of para-hydroxylation sites is 1. The van der Waals surface area contributed by atoms with Crippen LogP contribution >= 0.6 is 0 Å². The summed E-state index contributed by atoms with van der Waals surface area (Å²) in [5.74, 6) is -0.616. The molecule has 0 spiro atoms. The van der Waals surface area contributed by atoms with E-state index >= 15 is 0 Å². The number of nitrogens with one attached hydrogen (secondary N) is 1. The predicted octanol–water partition coefficient (Wildman–Crippen LogP) is 2.82. The molecule has 27 heavy (non-hydrogen) atoms. The number of nitrogens with zero attached hydrogens (tertiary/aromatic N) is 1. The lowest BCUT2D eigenvalue weighted by Crippen LogP contribution is -2.43. The van der Waals surface area contributed by atoms with Crippen molar-refractivity contribution in [3.8, 4) is 0 Å². The number of hydrogen-bond donors (Lipinski definition) is 1. The van der Waals surface area contributed by atoms with Crippen molar-refractivity contribution in [1.29, 1.82) is 0 Å². The molecule has 0 amide bonds. The van der Waals surface area contributed by atoms with Crippen LogP contribution < -0.4 is 11.2 Å². The van der Waals surface area contributed by atoms with E-state index in [0.717, 1.165) is 10.1 Å². The van der Waals surface area contributed by atoms with E-state index in [1.54, 1.807) is 45.0 Å². The van der Waals surface area contributed by atoms with E-state index < -0.39 is 28.9 Å². The van der Waals surface area contributed by atoms with E-state index in [1.165, 1.54) is 0 Å². The second-order valence-corrected chi connectivity index (χ2v) is 7.39. The van der Waals surface area contributed by atoms with Crippen molar-refractivity contribution < 1.29 is 9.53 Å². The SMILES string of the molecule is CC(C)(C)OC(=O)[C@H](Cc1ccccc1)n1c(=O)[nH]c2ccccc2c1=O. The molecule has 0 aliphatic carbocycles. The number of carbonyl (C=O) groups excluding carboxylic acids is 1. The van der Waals surface area contributed by atoms with Crippen LogP contribution in [-0.2, 0) is 16.0 Å². The molecule has 0 saturated heterocycles. The molecule has 140 valence electrons. The molecule has 6 nitrogen and oxygen atoms in total. The van der Waals surface area contributed by atoms with Crippen LogP contribution in [0, 0.1) is 0 Å². The molecule has 3 rings (SSSR count). The highest BCUT2D eigenvalue weighted by molar-refractivity contribution is 5.79. The van der Waals surface area contributed by atoms with Crippen LogP contribution in [0.2, 0.25) is 0 Å². The van der Waals surface area contributed by atoms with Gasteiger partial charge >= 0.3 is 11.7 Å². The summed E-state index contributed by atoms with van der Waals surface area (Å²) in [4.78, 5) is 41.2. The first kappa shape index (κ1) is 18.6. The summed E-state index contributed by atoms with van der Waals surface area (Å²) in [7, 11) is 0. The van der Waals surface area contributed by atoms with Crippen LogP contribution in [0.4, 0.5) is 0 Å². The number of aromatic amines is 1. The van der Waals surface area contributed by atoms with Crippen LogP contribution in [0.1, 0.15) is 32.4 Å². The van der Waals surface area contributed by atoms with Gasteiger partial charge < -0.3 is 9.72 Å². The maximum absolute atomic E-state index is 13.0. The van der Waals surface area contributed by atoms with E-state index in [9.17, 15) is 14.4 Å². The summed E-state index contributed by atoms with van der Waals surface area (Å²) in [6.45, 7) is 5.24. The van der Waals surface area contributed by atoms with Crippen molar-refractivity contribution in [2.24, 2.45) is 0 Å². The number of esters is 1. The zero-order valence-electron chi connectivity index (χ0n) is 15.6. The highest BCUT2D eigenvalue weighted by atomic mass is 16.6. The van der Waals surface area contributed by atoms with Crippen molar-refractivity contribution in [3.63, 3.8) is 0 Å². The Morgan fingerprint density at radius 2 is 1.67 bits per heavy atom. The zero-order chi connectivity index (χ0) is 19.6. The van der Waals surface area contributed by atoms with Crippen molar-refractivity contribution in [1.82, 2.24) is 9.55 Å². The van der Waals surface area contributed by atoms with Crippen molar-refractivity contribution >= 4 is 16.9 Å². The first-order valence-corrected chi connectivity index (χ1v) is 8.76. The molecule has 1 aromatic heterocycles. The van der Waals surface area contributed by atoms with Crippen LogP contribution in [0.25, 0.3) is 10.9 Å². The van der Waals surface area contributed by atoms with Gasteiger partial charge in [-0.05, 0) is 38.5 Å². The smallest absolute Gasteiger partial charge is 0.330 e. The van der Waals surface area contributed by atoms with Crippen molar-refractivity contribution in [2.75, 3.05) is 0 Å². The average Bonchev–Trinajstić information content (AvgIpc) is 2.60. The van der Waals surface area contributed by atoms with E-state index in [0.29, 0.717) is 10.9 Å². The Hall–Kier alpha value is -3.15. The zero-order valence-corrected chi connectivity index (χ0v) is 15.6. The largest absolute Gasteiger partial charge is 0.458 e. The molecule has 0 aliphatic rings. The molecule has 1 heterocycles. The molecule has 0 saturated carbocycles. The Kier molecular flexibility index (Phi) is 4.99. The third-order valence-electron chi connectivity index (χ3n) is 4.10. The fraction of sp³-hybridized carbons (Fsp3) is 0.286. The average molecular weight is 366 g/mol. The lowest BCUT2D eigenvalue weighted by Gasteiger charge is -2.25. The number of hydrogen-bond acceptors (Lipinski definition) is 4. The lowest BCUT2D eigenvalue weighted by atomic mass is 10.0. The fourth-order valence-corrected chi connectivity index (χ4v) is 2.95. The van der Waals surface area contributed by atoms with Crippen LogP contribution in [0.5, 0.6) is 0 Å². The molecule has 6 heteroatoms. The quantitative estimate of drug-likeness (QED) is 0.720.